The summed E-state index contributed by atoms with van der Waals surface area (Å²) < 4.78 is 31.1. The highest BCUT2D eigenvalue weighted by molar-refractivity contribution is 7.92. The summed E-state index contributed by atoms with van der Waals surface area (Å²) in [7, 11) is -2.27. The number of nitrogens with zero attached hydrogens (tertiary/aromatic N) is 2. The van der Waals surface area contributed by atoms with Crippen molar-refractivity contribution in [1.29, 1.82) is 0 Å². The van der Waals surface area contributed by atoms with Crippen molar-refractivity contribution in [3.63, 3.8) is 0 Å². The lowest BCUT2D eigenvalue weighted by Gasteiger charge is -2.29. The van der Waals surface area contributed by atoms with Crippen LogP contribution in [0.2, 0.25) is 5.02 Å². The summed E-state index contributed by atoms with van der Waals surface area (Å²) in [6, 6.07) is 11.2. The van der Waals surface area contributed by atoms with Gasteiger partial charge >= 0.3 is 0 Å². The van der Waals surface area contributed by atoms with Crippen LogP contribution in [0, 0.1) is 0 Å². The smallest absolute Gasteiger partial charge is 0.247 e. The molecule has 0 saturated carbocycles. The van der Waals surface area contributed by atoms with E-state index in [2.05, 4.69) is 10.2 Å². The van der Waals surface area contributed by atoms with E-state index in [9.17, 15) is 13.2 Å². The van der Waals surface area contributed by atoms with Crippen molar-refractivity contribution in [3.05, 3.63) is 47.5 Å². The first-order valence-corrected chi connectivity index (χ1v) is 12.4. The van der Waals surface area contributed by atoms with E-state index in [4.69, 9.17) is 16.3 Å². The number of sulfonamides is 1. The fraction of sp³-hybridized carbons (Fsp3) is 0.409. The Bertz CT molecular complexity index is 1020. The number of rotatable bonds is 7. The van der Waals surface area contributed by atoms with Gasteiger partial charge in [0, 0.05) is 24.5 Å². The van der Waals surface area contributed by atoms with Gasteiger partial charge in [-0.2, -0.15) is 0 Å². The molecule has 1 atom stereocenters. The van der Waals surface area contributed by atoms with E-state index in [1.165, 1.54) is 39.4 Å². The molecule has 1 amide bonds. The zero-order valence-electron chi connectivity index (χ0n) is 18.0. The first-order valence-electron chi connectivity index (χ1n) is 10.2. The summed E-state index contributed by atoms with van der Waals surface area (Å²) in [5, 5.41) is 3.07. The molecule has 9 heteroatoms. The third kappa shape index (κ3) is 5.62. The van der Waals surface area contributed by atoms with Crippen LogP contribution in [-0.4, -0.2) is 46.8 Å². The number of benzene rings is 2. The average Bonchev–Trinajstić information content (AvgIpc) is 2.74. The minimum atomic E-state index is -3.75. The molecule has 168 valence electrons. The molecule has 2 aromatic carbocycles. The Morgan fingerprint density at radius 1 is 1.13 bits per heavy atom. The fourth-order valence-electron chi connectivity index (χ4n) is 3.76. The summed E-state index contributed by atoms with van der Waals surface area (Å²) in [5.41, 5.74) is 2.02. The minimum Gasteiger partial charge on any atom is -0.495 e. The van der Waals surface area contributed by atoms with Gasteiger partial charge in [-0.1, -0.05) is 11.6 Å². The lowest BCUT2D eigenvalue weighted by atomic mass is 10.1. The second-order valence-electron chi connectivity index (χ2n) is 7.64. The van der Waals surface area contributed by atoms with E-state index in [1.54, 1.807) is 12.1 Å². The van der Waals surface area contributed by atoms with Crippen molar-refractivity contribution in [3.8, 4) is 5.75 Å². The molecule has 1 N–H and O–H groups in total. The summed E-state index contributed by atoms with van der Waals surface area (Å²) in [6.07, 6.45) is 4.69. The van der Waals surface area contributed by atoms with Crippen LogP contribution in [0.15, 0.2) is 42.5 Å². The van der Waals surface area contributed by atoms with E-state index in [0.717, 1.165) is 29.3 Å². The summed E-state index contributed by atoms with van der Waals surface area (Å²) >= 11 is 6.17. The number of hydrogen-bond donors (Lipinski definition) is 1. The summed E-state index contributed by atoms with van der Waals surface area (Å²) in [6.45, 7) is 3.61. The Balaban J connectivity index is 1.76. The van der Waals surface area contributed by atoms with Crippen molar-refractivity contribution in [2.45, 2.75) is 32.2 Å². The summed E-state index contributed by atoms with van der Waals surface area (Å²) in [4.78, 5) is 15.2. The number of methoxy groups -OCH3 is 1. The Kier molecular flexibility index (Phi) is 7.33. The van der Waals surface area contributed by atoms with Gasteiger partial charge in [-0.05, 0) is 68.7 Å². The maximum Gasteiger partial charge on any atom is 0.247 e. The Hall–Kier alpha value is -2.45. The van der Waals surface area contributed by atoms with Gasteiger partial charge in [-0.15, -0.1) is 0 Å². The topological polar surface area (TPSA) is 79.0 Å². The number of hydrogen-bond acceptors (Lipinski definition) is 5. The molecule has 1 aliphatic heterocycles. The van der Waals surface area contributed by atoms with Gasteiger partial charge in [0.15, 0.2) is 0 Å². The molecule has 3 rings (SSSR count). The molecule has 0 aromatic heterocycles. The van der Waals surface area contributed by atoms with Crippen LogP contribution >= 0.6 is 11.6 Å². The number of nitrogens with one attached hydrogen (secondary N) is 1. The number of amides is 1. The van der Waals surface area contributed by atoms with Gasteiger partial charge in [-0.3, -0.25) is 9.10 Å². The molecule has 1 aliphatic rings. The van der Waals surface area contributed by atoms with Crippen molar-refractivity contribution in [2.24, 2.45) is 0 Å². The first kappa shape index (κ1) is 23.2. The van der Waals surface area contributed by atoms with Crippen LogP contribution in [0.1, 0.15) is 26.2 Å². The van der Waals surface area contributed by atoms with Gasteiger partial charge in [0.25, 0.3) is 0 Å². The lowest BCUT2D eigenvalue weighted by molar-refractivity contribution is -0.116. The normalized spacial score (nSPS) is 15.3. The number of ether oxygens (including phenoxy) is 1. The number of anilines is 3. The van der Waals surface area contributed by atoms with E-state index >= 15 is 0 Å². The Morgan fingerprint density at radius 3 is 2.32 bits per heavy atom. The van der Waals surface area contributed by atoms with Crippen LogP contribution in [-0.2, 0) is 14.8 Å². The highest BCUT2D eigenvalue weighted by Crippen LogP contribution is 2.31. The molecular formula is C22H28ClN3O4S. The van der Waals surface area contributed by atoms with Crippen LogP contribution < -0.4 is 19.3 Å². The van der Waals surface area contributed by atoms with Crippen molar-refractivity contribution in [1.82, 2.24) is 0 Å². The van der Waals surface area contributed by atoms with Crippen LogP contribution in [0.5, 0.6) is 5.75 Å². The highest BCUT2D eigenvalue weighted by atomic mass is 35.5. The third-order valence-electron chi connectivity index (χ3n) is 5.33. The van der Waals surface area contributed by atoms with E-state index in [-0.39, 0.29) is 10.7 Å². The Labute approximate surface area is 189 Å². The van der Waals surface area contributed by atoms with E-state index in [1.807, 2.05) is 24.3 Å². The van der Waals surface area contributed by atoms with Crippen LogP contribution in [0.3, 0.4) is 0 Å². The van der Waals surface area contributed by atoms with Gasteiger partial charge in [0.05, 0.1) is 24.1 Å². The molecular weight excluding hydrogens is 438 g/mol. The van der Waals surface area contributed by atoms with E-state index in [0.29, 0.717) is 11.4 Å². The molecule has 31 heavy (non-hydrogen) atoms. The predicted octanol–water partition coefficient (Wildman–Crippen LogP) is 4.13. The third-order valence-corrected chi connectivity index (χ3v) is 6.87. The second kappa shape index (κ2) is 9.78. The predicted molar refractivity (Wildman–Crippen MR) is 126 cm³/mol. The first-order chi connectivity index (χ1) is 14.7. The van der Waals surface area contributed by atoms with Crippen LogP contribution in [0.4, 0.5) is 17.1 Å². The molecule has 0 radical (unpaired) electrons. The minimum absolute atomic E-state index is 0.259. The monoisotopic (exact) mass is 465 g/mol. The highest BCUT2D eigenvalue weighted by Gasteiger charge is 2.29. The molecule has 1 saturated heterocycles. The van der Waals surface area contributed by atoms with Gasteiger partial charge < -0.3 is 15.0 Å². The number of carbonyl (C=O) groups is 1. The molecule has 0 spiro atoms. The lowest BCUT2D eigenvalue weighted by Crippen LogP contribution is -2.45. The van der Waals surface area contributed by atoms with Crippen molar-refractivity contribution < 1.29 is 17.9 Å². The number of piperidine rings is 1. The molecule has 1 heterocycles. The van der Waals surface area contributed by atoms with Gasteiger partial charge in [0.2, 0.25) is 15.9 Å². The second-order valence-corrected chi connectivity index (χ2v) is 9.90. The average molecular weight is 466 g/mol. The molecule has 0 unspecified atom stereocenters. The Morgan fingerprint density at radius 2 is 1.77 bits per heavy atom. The van der Waals surface area contributed by atoms with Crippen molar-refractivity contribution >= 4 is 44.6 Å². The van der Waals surface area contributed by atoms with E-state index < -0.39 is 22.0 Å². The van der Waals surface area contributed by atoms with Crippen LogP contribution in [0.25, 0.3) is 0 Å². The largest absolute Gasteiger partial charge is 0.495 e. The van der Waals surface area contributed by atoms with Gasteiger partial charge in [-0.25, -0.2) is 8.42 Å². The standard InChI is InChI=1S/C22H28ClN3O4S/c1-16(26(31(3,28)29)19-11-12-21(30-2)20(23)15-19)22(27)24-17-7-9-18(10-8-17)25-13-5-4-6-14-25/h7-12,15-16H,4-6,13-14H2,1-3H3,(H,24,27)/t16-/m0/s1. The zero-order chi connectivity index (χ0) is 22.6. The molecule has 7 nitrogen and oxygen atoms in total. The number of halogens is 1. The molecule has 0 aliphatic carbocycles. The van der Waals surface area contributed by atoms with Crippen molar-refractivity contribution in [2.75, 3.05) is 41.0 Å². The summed E-state index contributed by atoms with van der Waals surface area (Å²) in [5.74, 6) is -0.0205. The fourth-order valence-corrected chi connectivity index (χ4v) is 5.17. The zero-order valence-corrected chi connectivity index (χ0v) is 19.5. The number of carbonyl (C=O) groups excluding carboxylic acids is 1. The maximum absolute atomic E-state index is 12.9. The molecule has 0 bridgehead atoms. The molecule has 2 aromatic rings. The SMILES string of the molecule is COc1ccc(N([C@@H](C)C(=O)Nc2ccc(N3CCCCC3)cc2)S(C)(=O)=O)cc1Cl. The quantitative estimate of drug-likeness (QED) is 0.665. The maximum atomic E-state index is 12.9. The molecule has 1 fully saturated rings. The van der Waals surface area contributed by atoms with Gasteiger partial charge in [0.1, 0.15) is 11.8 Å².